The molecule has 0 aliphatic heterocycles. The molecule has 0 saturated carbocycles. The molecule has 1 unspecified atom stereocenters. The third-order valence-corrected chi connectivity index (χ3v) is 4.00. The standard InChI is InChI=1S/C20H23ClN2O3/c1-20(2,3)26-19(25)17(23)10-13-9-16(22)14(11-15(13)21)18(24)12-7-5-4-6-8-12/h4-9,11,17H,10,22-23H2,1-3H3. The van der Waals surface area contributed by atoms with E-state index in [-0.39, 0.29) is 17.9 Å². The molecule has 138 valence electrons. The summed E-state index contributed by atoms with van der Waals surface area (Å²) in [6.07, 6.45) is 0.164. The zero-order valence-electron chi connectivity index (χ0n) is 15.1. The summed E-state index contributed by atoms with van der Waals surface area (Å²) in [5, 5.41) is 0.331. The first-order valence-electron chi connectivity index (χ1n) is 8.24. The van der Waals surface area contributed by atoms with Gasteiger partial charge in [-0.05, 0) is 44.9 Å². The highest BCUT2D eigenvalue weighted by atomic mass is 35.5. The van der Waals surface area contributed by atoms with Gasteiger partial charge >= 0.3 is 5.97 Å². The maximum Gasteiger partial charge on any atom is 0.323 e. The van der Waals surface area contributed by atoms with Crippen LogP contribution >= 0.6 is 11.6 Å². The number of benzene rings is 2. The smallest absolute Gasteiger partial charge is 0.323 e. The Morgan fingerprint density at radius 2 is 1.77 bits per heavy atom. The number of carbonyl (C=O) groups excluding carboxylic acids is 2. The predicted octanol–water partition coefficient (Wildman–Crippen LogP) is 3.36. The molecule has 1 atom stereocenters. The summed E-state index contributed by atoms with van der Waals surface area (Å²) < 4.78 is 5.27. The molecule has 0 radical (unpaired) electrons. The number of ether oxygens (including phenoxy) is 1. The number of esters is 1. The highest BCUT2D eigenvalue weighted by Crippen LogP contribution is 2.26. The average Bonchev–Trinajstić information content (AvgIpc) is 2.56. The van der Waals surface area contributed by atoms with Gasteiger partial charge in [0.1, 0.15) is 11.6 Å². The number of rotatable bonds is 5. The average molecular weight is 375 g/mol. The molecule has 0 heterocycles. The summed E-state index contributed by atoms with van der Waals surface area (Å²) in [5.74, 6) is -0.732. The van der Waals surface area contributed by atoms with E-state index in [1.165, 1.54) is 6.07 Å². The lowest BCUT2D eigenvalue weighted by atomic mass is 9.98. The second-order valence-corrected chi connectivity index (χ2v) is 7.48. The van der Waals surface area contributed by atoms with Gasteiger partial charge in [-0.1, -0.05) is 41.9 Å². The van der Waals surface area contributed by atoms with Gasteiger partial charge in [0.15, 0.2) is 5.78 Å². The molecule has 26 heavy (non-hydrogen) atoms. The number of hydrogen-bond donors (Lipinski definition) is 2. The van der Waals surface area contributed by atoms with Crippen LogP contribution in [0, 0.1) is 0 Å². The van der Waals surface area contributed by atoms with E-state index in [9.17, 15) is 9.59 Å². The van der Waals surface area contributed by atoms with Crippen molar-refractivity contribution in [3.05, 3.63) is 64.2 Å². The van der Waals surface area contributed by atoms with E-state index in [2.05, 4.69) is 0 Å². The maximum atomic E-state index is 12.6. The van der Waals surface area contributed by atoms with Gasteiger partial charge in [-0.3, -0.25) is 9.59 Å². The normalized spacial score (nSPS) is 12.5. The lowest BCUT2D eigenvalue weighted by molar-refractivity contribution is -0.156. The van der Waals surface area contributed by atoms with E-state index in [0.29, 0.717) is 21.7 Å². The van der Waals surface area contributed by atoms with Crippen molar-refractivity contribution in [1.29, 1.82) is 0 Å². The summed E-state index contributed by atoms with van der Waals surface area (Å²) in [7, 11) is 0. The SMILES string of the molecule is CC(C)(C)OC(=O)C(N)Cc1cc(N)c(C(=O)c2ccccc2)cc1Cl. The van der Waals surface area contributed by atoms with Crippen molar-refractivity contribution < 1.29 is 14.3 Å². The Hall–Kier alpha value is -2.37. The summed E-state index contributed by atoms with van der Waals surface area (Å²) in [5.41, 5.74) is 13.1. The van der Waals surface area contributed by atoms with Crippen LogP contribution in [0.15, 0.2) is 42.5 Å². The van der Waals surface area contributed by atoms with Crippen LogP contribution in [0.1, 0.15) is 42.3 Å². The molecule has 6 heteroatoms. The minimum Gasteiger partial charge on any atom is -0.459 e. The summed E-state index contributed by atoms with van der Waals surface area (Å²) in [4.78, 5) is 24.6. The second-order valence-electron chi connectivity index (χ2n) is 7.07. The molecule has 0 amide bonds. The Labute approximate surface area is 158 Å². The topological polar surface area (TPSA) is 95.4 Å². The Morgan fingerprint density at radius 3 is 2.35 bits per heavy atom. The Kier molecular flexibility index (Phi) is 6.05. The number of hydrogen-bond acceptors (Lipinski definition) is 5. The van der Waals surface area contributed by atoms with Gasteiger partial charge in [0, 0.05) is 21.8 Å². The number of ketones is 1. The molecule has 0 aliphatic carbocycles. The van der Waals surface area contributed by atoms with Crippen molar-refractivity contribution in [1.82, 2.24) is 0 Å². The van der Waals surface area contributed by atoms with E-state index >= 15 is 0 Å². The lowest BCUT2D eigenvalue weighted by Crippen LogP contribution is -2.38. The van der Waals surface area contributed by atoms with E-state index in [0.717, 1.165) is 0 Å². The maximum absolute atomic E-state index is 12.6. The summed E-state index contributed by atoms with van der Waals surface area (Å²) in [6, 6.07) is 11.0. The molecule has 0 aromatic heterocycles. The highest BCUT2D eigenvalue weighted by Gasteiger charge is 2.24. The first-order chi connectivity index (χ1) is 12.1. The largest absolute Gasteiger partial charge is 0.459 e. The Balaban J connectivity index is 2.22. The summed E-state index contributed by atoms with van der Waals surface area (Å²) >= 11 is 6.30. The van der Waals surface area contributed by atoms with Crippen LogP contribution in [0.4, 0.5) is 5.69 Å². The van der Waals surface area contributed by atoms with Crippen LogP contribution in [0.3, 0.4) is 0 Å². The molecule has 0 saturated heterocycles. The van der Waals surface area contributed by atoms with Crippen LogP contribution in [0.2, 0.25) is 5.02 Å². The van der Waals surface area contributed by atoms with Crippen molar-refractivity contribution >= 4 is 29.0 Å². The van der Waals surface area contributed by atoms with Crippen molar-refractivity contribution in [2.45, 2.75) is 38.8 Å². The fourth-order valence-electron chi connectivity index (χ4n) is 2.43. The van der Waals surface area contributed by atoms with E-state index < -0.39 is 17.6 Å². The van der Waals surface area contributed by atoms with Gasteiger partial charge in [0.2, 0.25) is 0 Å². The monoisotopic (exact) mass is 374 g/mol. The first-order valence-corrected chi connectivity index (χ1v) is 8.62. The molecular formula is C20H23ClN2O3. The van der Waals surface area contributed by atoms with Gasteiger partial charge in [-0.25, -0.2) is 0 Å². The minimum absolute atomic E-state index is 0.164. The van der Waals surface area contributed by atoms with Crippen LogP contribution in [0.5, 0.6) is 0 Å². The third kappa shape index (κ3) is 5.07. The first kappa shape index (κ1) is 19.9. The van der Waals surface area contributed by atoms with E-state index in [1.54, 1.807) is 51.1 Å². The van der Waals surface area contributed by atoms with Crippen LogP contribution in [0.25, 0.3) is 0 Å². The highest BCUT2D eigenvalue weighted by molar-refractivity contribution is 6.32. The van der Waals surface area contributed by atoms with Gasteiger partial charge in [0.05, 0.1) is 0 Å². The summed E-state index contributed by atoms with van der Waals surface area (Å²) in [6.45, 7) is 5.31. The minimum atomic E-state index is -0.873. The van der Waals surface area contributed by atoms with Gasteiger partial charge in [-0.15, -0.1) is 0 Å². The second kappa shape index (κ2) is 7.89. The molecule has 4 N–H and O–H groups in total. The number of halogens is 1. The molecule has 0 aliphatic rings. The predicted molar refractivity (Wildman–Crippen MR) is 103 cm³/mol. The zero-order chi connectivity index (χ0) is 19.5. The van der Waals surface area contributed by atoms with Crippen LogP contribution < -0.4 is 11.5 Å². The molecule has 2 aromatic carbocycles. The van der Waals surface area contributed by atoms with Gasteiger partial charge in [-0.2, -0.15) is 0 Å². The molecular weight excluding hydrogens is 352 g/mol. The number of nitrogen functional groups attached to an aromatic ring is 1. The van der Waals surface area contributed by atoms with E-state index in [4.69, 9.17) is 27.8 Å². The third-order valence-electron chi connectivity index (χ3n) is 3.65. The number of carbonyl (C=O) groups is 2. The van der Waals surface area contributed by atoms with Crippen molar-refractivity contribution in [2.75, 3.05) is 5.73 Å². The molecule has 0 fully saturated rings. The zero-order valence-corrected chi connectivity index (χ0v) is 15.8. The Bertz CT molecular complexity index is 814. The number of nitrogens with two attached hydrogens (primary N) is 2. The number of anilines is 1. The van der Waals surface area contributed by atoms with Crippen molar-refractivity contribution in [2.24, 2.45) is 5.73 Å². The fourth-order valence-corrected chi connectivity index (χ4v) is 2.67. The molecule has 5 nitrogen and oxygen atoms in total. The Morgan fingerprint density at radius 1 is 1.15 bits per heavy atom. The van der Waals surface area contributed by atoms with Crippen molar-refractivity contribution in [3.63, 3.8) is 0 Å². The molecule has 0 bridgehead atoms. The molecule has 2 rings (SSSR count). The molecule has 0 spiro atoms. The quantitative estimate of drug-likeness (QED) is 0.475. The van der Waals surface area contributed by atoms with Crippen molar-refractivity contribution in [3.8, 4) is 0 Å². The lowest BCUT2D eigenvalue weighted by Gasteiger charge is -2.22. The van der Waals surface area contributed by atoms with Crippen LogP contribution in [-0.2, 0) is 16.0 Å². The van der Waals surface area contributed by atoms with Gasteiger partial charge in [0.25, 0.3) is 0 Å². The molecule has 2 aromatic rings. The fraction of sp³-hybridized carbons (Fsp3) is 0.300. The van der Waals surface area contributed by atoms with E-state index in [1.807, 2.05) is 6.07 Å². The van der Waals surface area contributed by atoms with Gasteiger partial charge < -0.3 is 16.2 Å². The van der Waals surface area contributed by atoms with Crippen LogP contribution in [-0.4, -0.2) is 23.4 Å².